The molecule has 3 aromatic carbocycles. The lowest BCUT2D eigenvalue weighted by Crippen LogP contribution is -2.44. The van der Waals surface area contributed by atoms with Gasteiger partial charge in [0, 0.05) is 50.1 Å². The number of ether oxygens (including phenoxy) is 1. The predicted molar refractivity (Wildman–Crippen MR) is 133 cm³/mol. The van der Waals surface area contributed by atoms with E-state index in [0.717, 1.165) is 27.5 Å². The zero-order valence-corrected chi connectivity index (χ0v) is 19.1. The average Bonchev–Trinajstić information content (AvgIpc) is 2.86. The van der Waals surface area contributed by atoms with Crippen LogP contribution in [0.1, 0.15) is 18.9 Å². The Hall–Kier alpha value is -4.38. The van der Waals surface area contributed by atoms with Gasteiger partial charge in [0.05, 0.1) is 14.8 Å². The molecular formula is C24H22BN3O7. The summed E-state index contributed by atoms with van der Waals surface area (Å²) < 4.78 is 5.25. The molecular weight excluding hydrogens is 453 g/mol. The molecule has 0 fully saturated rings. The molecule has 11 heteroatoms. The Morgan fingerprint density at radius 1 is 0.714 bits per heavy atom. The SMILES string of the molecule is COCC/C(C)=C(\B(c1ccc([N+](=O)[O-])cc1)c1ccc([N+](=O)[O-])cc1)c1ccc([N+](=O)[O-])cc1. The monoisotopic (exact) mass is 475 g/mol. The predicted octanol–water partition coefficient (Wildman–Crippen LogP) is 4.07. The van der Waals surface area contributed by atoms with E-state index < -0.39 is 21.5 Å². The van der Waals surface area contributed by atoms with Crippen LogP contribution in [-0.2, 0) is 4.74 Å². The highest BCUT2D eigenvalue weighted by atomic mass is 16.6. The van der Waals surface area contributed by atoms with Crippen molar-refractivity contribution in [3.8, 4) is 0 Å². The number of hydrogen-bond donors (Lipinski definition) is 0. The summed E-state index contributed by atoms with van der Waals surface area (Å²) in [5.74, 6) is 0. The fourth-order valence-corrected chi connectivity index (χ4v) is 3.91. The molecule has 178 valence electrons. The molecule has 3 aromatic rings. The largest absolute Gasteiger partial charge is 0.384 e. The molecule has 10 nitrogen and oxygen atoms in total. The second-order valence-electron chi connectivity index (χ2n) is 7.87. The summed E-state index contributed by atoms with van der Waals surface area (Å²) in [5.41, 5.74) is 3.79. The Balaban J connectivity index is 2.24. The summed E-state index contributed by atoms with van der Waals surface area (Å²) in [5, 5.41) is 33.5. The Bertz CT molecular complexity index is 1200. The maximum Gasteiger partial charge on any atom is 0.269 e. The standard InChI is InChI=1S/C24H22BN3O7/c1-17(15-16-35-2)24(18-3-9-21(10-4-18)26(29)30)25(19-5-11-22(12-6-19)27(31)32)20-7-13-23(14-8-20)28(33)34/h3-14H,15-16H2,1-2H3/b24-17-. The molecule has 0 saturated carbocycles. The minimum Gasteiger partial charge on any atom is -0.384 e. The van der Waals surface area contributed by atoms with Gasteiger partial charge in [0.15, 0.2) is 0 Å². The van der Waals surface area contributed by atoms with E-state index in [4.69, 9.17) is 4.74 Å². The maximum atomic E-state index is 11.2. The number of nitro groups is 3. The van der Waals surface area contributed by atoms with Crippen LogP contribution in [-0.4, -0.2) is 35.2 Å². The molecule has 0 aromatic heterocycles. The molecule has 35 heavy (non-hydrogen) atoms. The first kappa shape index (κ1) is 25.3. The van der Waals surface area contributed by atoms with Gasteiger partial charge >= 0.3 is 0 Å². The van der Waals surface area contributed by atoms with Crippen molar-refractivity contribution in [3.05, 3.63) is 114 Å². The first-order valence-electron chi connectivity index (χ1n) is 10.6. The molecule has 0 radical (unpaired) electrons. The summed E-state index contributed by atoms with van der Waals surface area (Å²) in [4.78, 5) is 32.1. The normalized spacial score (nSPS) is 11.5. The molecule has 0 aliphatic rings. The van der Waals surface area contributed by atoms with Gasteiger partial charge in [-0.15, -0.1) is 0 Å². The van der Waals surface area contributed by atoms with Crippen LogP contribution in [0.4, 0.5) is 17.1 Å². The third-order valence-electron chi connectivity index (χ3n) is 5.69. The van der Waals surface area contributed by atoms with Crippen LogP contribution in [0.25, 0.3) is 5.47 Å². The van der Waals surface area contributed by atoms with Crippen LogP contribution in [0.15, 0.2) is 78.4 Å². The fourth-order valence-electron chi connectivity index (χ4n) is 3.91. The number of hydrogen-bond acceptors (Lipinski definition) is 7. The molecule has 0 atom stereocenters. The van der Waals surface area contributed by atoms with E-state index in [2.05, 4.69) is 0 Å². The topological polar surface area (TPSA) is 139 Å². The summed E-state index contributed by atoms with van der Waals surface area (Å²) in [6.45, 7) is 1.92. The van der Waals surface area contributed by atoms with Crippen LogP contribution in [0, 0.1) is 30.3 Å². The second kappa shape index (κ2) is 11.2. The second-order valence-corrected chi connectivity index (χ2v) is 7.87. The molecule has 0 heterocycles. The molecule has 0 N–H and O–H groups in total. The first-order valence-corrected chi connectivity index (χ1v) is 10.6. The van der Waals surface area contributed by atoms with E-state index in [0.29, 0.717) is 13.0 Å². The van der Waals surface area contributed by atoms with Crippen molar-refractivity contribution < 1.29 is 19.5 Å². The number of nitrogens with zero attached hydrogens (tertiary/aromatic N) is 3. The molecule has 0 amide bonds. The third-order valence-corrected chi connectivity index (χ3v) is 5.69. The highest BCUT2D eigenvalue weighted by molar-refractivity contribution is 6.99. The summed E-state index contributed by atoms with van der Waals surface area (Å²) >= 11 is 0. The van der Waals surface area contributed by atoms with Crippen LogP contribution in [0.2, 0.25) is 0 Å². The molecule has 3 rings (SSSR count). The average molecular weight is 475 g/mol. The van der Waals surface area contributed by atoms with Crippen molar-refractivity contribution in [2.24, 2.45) is 0 Å². The van der Waals surface area contributed by atoms with Crippen LogP contribution in [0.3, 0.4) is 0 Å². The summed E-state index contributed by atoms with van der Waals surface area (Å²) in [6.07, 6.45) is 0.569. The summed E-state index contributed by atoms with van der Waals surface area (Å²) in [7, 11) is 1.59. The van der Waals surface area contributed by atoms with Crippen molar-refractivity contribution in [1.82, 2.24) is 0 Å². The van der Waals surface area contributed by atoms with E-state index >= 15 is 0 Å². The smallest absolute Gasteiger partial charge is 0.269 e. The minimum absolute atomic E-state index is 0.0510. The lowest BCUT2D eigenvalue weighted by molar-refractivity contribution is -0.385. The third kappa shape index (κ3) is 5.95. The number of nitro benzene ring substituents is 3. The Labute approximate surface area is 201 Å². The molecule has 0 saturated heterocycles. The number of non-ortho nitro benzene ring substituents is 3. The molecule has 0 spiro atoms. The zero-order valence-electron chi connectivity index (χ0n) is 19.1. The Kier molecular flexibility index (Phi) is 8.06. The van der Waals surface area contributed by atoms with Crippen LogP contribution >= 0.6 is 0 Å². The zero-order chi connectivity index (χ0) is 25.5. The molecule has 0 bridgehead atoms. The maximum absolute atomic E-state index is 11.2. The number of benzene rings is 3. The Morgan fingerprint density at radius 2 is 1.09 bits per heavy atom. The van der Waals surface area contributed by atoms with E-state index in [-0.39, 0.29) is 17.1 Å². The van der Waals surface area contributed by atoms with Crippen LogP contribution < -0.4 is 10.9 Å². The van der Waals surface area contributed by atoms with Crippen molar-refractivity contribution in [3.63, 3.8) is 0 Å². The summed E-state index contributed by atoms with van der Waals surface area (Å²) in [6, 6.07) is 18.4. The van der Waals surface area contributed by atoms with Gasteiger partial charge in [0.1, 0.15) is 0 Å². The van der Waals surface area contributed by atoms with Gasteiger partial charge in [-0.3, -0.25) is 30.3 Å². The first-order chi connectivity index (χ1) is 16.7. The van der Waals surface area contributed by atoms with Gasteiger partial charge in [0.2, 0.25) is 6.71 Å². The van der Waals surface area contributed by atoms with Gasteiger partial charge < -0.3 is 4.74 Å². The van der Waals surface area contributed by atoms with Gasteiger partial charge in [-0.25, -0.2) is 0 Å². The van der Waals surface area contributed by atoms with E-state index in [1.54, 1.807) is 43.5 Å². The lowest BCUT2D eigenvalue weighted by atomic mass is 9.34. The van der Waals surface area contributed by atoms with Crippen molar-refractivity contribution in [2.45, 2.75) is 13.3 Å². The van der Waals surface area contributed by atoms with E-state index in [1.807, 2.05) is 6.92 Å². The Morgan fingerprint density at radius 3 is 1.43 bits per heavy atom. The quantitative estimate of drug-likeness (QED) is 0.245. The lowest BCUT2D eigenvalue weighted by Gasteiger charge is -2.22. The van der Waals surface area contributed by atoms with Crippen molar-refractivity contribution in [1.29, 1.82) is 0 Å². The van der Waals surface area contributed by atoms with Gasteiger partial charge in [0.25, 0.3) is 17.1 Å². The fraction of sp³-hybridized carbons (Fsp3) is 0.167. The number of rotatable bonds is 10. The molecule has 0 aliphatic heterocycles. The molecule has 0 unspecified atom stereocenters. The minimum atomic E-state index is -0.485. The van der Waals surface area contributed by atoms with Gasteiger partial charge in [-0.05, 0) is 31.0 Å². The van der Waals surface area contributed by atoms with Crippen molar-refractivity contribution in [2.75, 3.05) is 13.7 Å². The number of methoxy groups -OCH3 is 1. The van der Waals surface area contributed by atoms with Crippen LogP contribution in [0.5, 0.6) is 0 Å². The molecule has 0 aliphatic carbocycles. The van der Waals surface area contributed by atoms with E-state index in [9.17, 15) is 30.3 Å². The van der Waals surface area contributed by atoms with Gasteiger partial charge in [-0.1, -0.05) is 46.2 Å². The highest BCUT2D eigenvalue weighted by Crippen LogP contribution is 2.27. The highest BCUT2D eigenvalue weighted by Gasteiger charge is 2.28. The van der Waals surface area contributed by atoms with Crippen molar-refractivity contribution >= 4 is 40.2 Å². The van der Waals surface area contributed by atoms with Gasteiger partial charge in [-0.2, -0.15) is 0 Å². The van der Waals surface area contributed by atoms with E-state index in [1.165, 1.54) is 36.4 Å².